The Hall–Kier alpha value is -1.46. The molecule has 0 unspecified atom stereocenters. The zero-order valence-electron chi connectivity index (χ0n) is 11.8. The van der Waals surface area contributed by atoms with Crippen LogP contribution >= 0.6 is 12.4 Å². The average molecular weight is 301 g/mol. The monoisotopic (exact) mass is 300 g/mol. The number of carbonyl (C=O) groups is 1. The summed E-state index contributed by atoms with van der Waals surface area (Å²) in [6.45, 7) is 3.23. The fourth-order valence-corrected chi connectivity index (χ4v) is 2.28. The van der Waals surface area contributed by atoms with Crippen LogP contribution in [-0.2, 0) is 11.2 Å². The number of nitrogens with zero attached hydrogens (tertiary/aromatic N) is 1. The summed E-state index contributed by atoms with van der Waals surface area (Å²) in [5.74, 6) is 1.51. The van der Waals surface area contributed by atoms with Gasteiger partial charge >= 0.3 is 0 Å². The normalized spacial score (nSPS) is 14.4. The smallest absolute Gasteiger partial charge is 0.227 e. The SMILES string of the molecule is COc1cccc(OC)c1CC(=O)N1CCNCC1.Cl. The Morgan fingerprint density at radius 3 is 2.25 bits per heavy atom. The Morgan fingerprint density at radius 2 is 1.75 bits per heavy atom. The summed E-state index contributed by atoms with van der Waals surface area (Å²) >= 11 is 0. The van der Waals surface area contributed by atoms with Gasteiger partial charge in [-0.2, -0.15) is 0 Å². The molecule has 1 aliphatic heterocycles. The number of methoxy groups -OCH3 is 2. The minimum atomic E-state index is 0. The van der Waals surface area contributed by atoms with Crippen LogP contribution in [0.4, 0.5) is 0 Å². The Kier molecular flexibility index (Phi) is 6.61. The van der Waals surface area contributed by atoms with Crippen molar-refractivity contribution in [2.75, 3.05) is 40.4 Å². The minimum absolute atomic E-state index is 0. The number of rotatable bonds is 4. The van der Waals surface area contributed by atoms with Crippen LogP contribution in [0.15, 0.2) is 18.2 Å². The van der Waals surface area contributed by atoms with Gasteiger partial charge in [-0.15, -0.1) is 12.4 Å². The van der Waals surface area contributed by atoms with Gasteiger partial charge in [-0.25, -0.2) is 0 Å². The first-order valence-corrected chi connectivity index (χ1v) is 6.44. The van der Waals surface area contributed by atoms with Crippen molar-refractivity contribution in [2.24, 2.45) is 0 Å². The third-order valence-corrected chi connectivity index (χ3v) is 3.33. The molecular weight excluding hydrogens is 280 g/mol. The maximum atomic E-state index is 12.3. The van der Waals surface area contributed by atoms with E-state index < -0.39 is 0 Å². The van der Waals surface area contributed by atoms with Crippen molar-refractivity contribution in [3.8, 4) is 11.5 Å². The van der Waals surface area contributed by atoms with Gasteiger partial charge in [-0.1, -0.05) is 6.07 Å². The first-order valence-electron chi connectivity index (χ1n) is 6.44. The van der Waals surface area contributed by atoms with Gasteiger partial charge in [0.2, 0.25) is 5.91 Å². The van der Waals surface area contributed by atoms with E-state index in [0.29, 0.717) is 17.9 Å². The van der Waals surface area contributed by atoms with E-state index >= 15 is 0 Å². The topological polar surface area (TPSA) is 50.8 Å². The molecule has 0 atom stereocenters. The molecule has 112 valence electrons. The van der Waals surface area contributed by atoms with Crippen LogP contribution in [0.25, 0.3) is 0 Å². The molecule has 1 aliphatic rings. The van der Waals surface area contributed by atoms with E-state index in [1.165, 1.54) is 0 Å². The largest absolute Gasteiger partial charge is 0.496 e. The molecule has 5 nitrogen and oxygen atoms in total. The van der Waals surface area contributed by atoms with Gasteiger partial charge in [0.1, 0.15) is 11.5 Å². The predicted molar refractivity (Wildman–Crippen MR) is 79.9 cm³/mol. The molecule has 0 radical (unpaired) electrons. The minimum Gasteiger partial charge on any atom is -0.496 e. The molecule has 1 aromatic rings. The second-order valence-corrected chi connectivity index (χ2v) is 4.45. The molecule has 0 saturated carbocycles. The summed E-state index contributed by atoms with van der Waals surface area (Å²) in [5, 5.41) is 3.24. The van der Waals surface area contributed by atoms with Gasteiger partial charge in [0, 0.05) is 31.7 Å². The van der Waals surface area contributed by atoms with Gasteiger partial charge < -0.3 is 19.7 Å². The van der Waals surface area contributed by atoms with E-state index in [9.17, 15) is 4.79 Å². The van der Waals surface area contributed by atoms with Crippen molar-refractivity contribution in [3.05, 3.63) is 23.8 Å². The second kappa shape index (κ2) is 7.97. The number of hydrogen-bond donors (Lipinski definition) is 1. The fraction of sp³-hybridized carbons (Fsp3) is 0.500. The molecule has 6 heteroatoms. The van der Waals surface area contributed by atoms with Gasteiger partial charge in [0.25, 0.3) is 0 Å². The molecule has 0 bridgehead atoms. The summed E-state index contributed by atoms with van der Waals surface area (Å²) < 4.78 is 10.6. The quantitative estimate of drug-likeness (QED) is 0.905. The lowest BCUT2D eigenvalue weighted by Gasteiger charge is -2.28. The molecule has 1 saturated heterocycles. The van der Waals surface area contributed by atoms with Crippen molar-refractivity contribution in [2.45, 2.75) is 6.42 Å². The summed E-state index contributed by atoms with van der Waals surface area (Å²) in [7, 11) is 3.21. The molecule has 2 rings (SSSR count). The number of benzene rings is 1. The second-order valence-electron chi connectivity index (χ2n) is 4.45. The lowest BCUT2D eigenvalue weighted by Crippen LogP contribution is -2.47. The number of nitrogens with one attached hydrogen (secondary N) is 1. The molecule has 20 heavy (non-hydrogen) atoms. The Bertz CT molecular complexity index is 426. The molecule has 0 aromatic heterocycles. The Labute approximate surface area is 125 Å². The highest BCUT2D eigenvalue weighted by Crippen LogP contribution is 2.29. The van der Waals surface area contributed by atoms with Crippen molar-refractivity contribution in [3.63, 3.8) is 0 Å². The number of hydrogen-bond acceptors (Lipinski definition) is 4. The number of halogens is 1. The van der Waals surface area contributed by atoms with Crippen LogP contribution in [0.2, 0.25) is 0 Å². The summed E-state index contributed by atoms with van der Waals surface area (Å²) in [6.07, 6.45) is 0.313. The van der Waals surface area contributed by atoms with E-state index in [1.807, 2.05) is 23.1 Å². The van der Waals surface area contributed by atoms with E-state index in [0.717, 1.165) is 31.7 Å². The summed E-state index contributed by atoms with van der Waals surface area (Å²) in [6, 6.07) is 5.56. The van der Waals surface area contributed by atoms with E-state index in [-0.39, 0.29) is 18.3 Å². The van der Waals surface area contributed by atoms with Crippen LogP contribution in [0.5, 0.6) is 11.5 Å². The van der Waals surface area contributed by atoms with Crippen LogP contribution in [0, 0.1) is 0 Å². The van der Waals surface area contributed by atoms with Crippen LogP contribution < -0.4 is 14.8 Å². The summed E-state index contributed by atoms with van der Waals surface area (Å²) in [4.78, 5) is 14.2. The molecule has 1 N–H and O–H groups in total. The van der Waals surface area contributed by atoms with E-state index in [4.69, 9.17) is 9.47 Å². The molecule has 0 aliphatic carbocycles. The van der Waals surface area contributed by atoms with Gasteiger partial charge in [0.05, 0.1) is 20.6 Å². The van der Waals surface area contributed by atoms with E-state index in [2.05, 4.69) is 5.32 Å². The maximum absolute atomic E-state index is 12.3. The maximum Gasteiger partial charge on any atom is 0.227 e. The summed E-state index contributed by atoms with van der Waals surface area (Å²) in [5.41, 5.74) is 0.816. The predicted octanol–water partition coefficient (Wildman–Crippen LogP) is 1.10. The van der Waals surface area contributed by atoms with Gasteiger partial charge in [0.15, 0.2) is 0 Å². The Morgan fingerprint density at radius 1 is 1.20 bits per heavy atom. The van der Waals surface area contributed by atoms with Crippen LogP contribution in [0.1, 0.15) is 5.56 Å². The first-order chi connectivity index (χ1) is 9.26. The van der Waals surface area contributed by atoms with Gasteiger partial charge in [-0.3, -0.25) is 4.79 Å². The zero-order chi connectivity index (χ0) is 13.7. The molecular formula is C14H21ClN2O3. The first kappa shape index (κ1) is 16.6. The zero-order valence-corrected chi connectivity index (χ0v) is 12.7. The van der Waals surface area contributed by atoms with Gasteiger partial charge in [-0.05, 0) is 12.1 Å². The molecule has 1 fully saturated rings. The number of carbonyl (C=O) groups excluding carboxylic acids is 1. The van der Waals surface area contributed by atoms with Crippen molar-refractivity contribution in [1.82, 2.24) is 10.2 Å². The van der Waals surface area contributed by atoms with E-state index in [1.54, 1.807) is 14.2 Å². The standard InChI is InChI=1S/C14H20N2O3.ClH/c1-18-12-4-3-5-13(19-2)11(12)10-14(17)16-8-6-15-7-9-16;/h3-5,15H,6-10H2,1-2H3;1H. The molecule has 1 amide bonds. The lowest BCUT2D eigenvalue weighted by atomic mass is 10.1. The Balaban J connectivity index is 0.00000200. The van der Waals surface area contributed by atoms with Crippen molar-refractivity contribution >= 4 is 18.3 Å². The van der Waals surface area contributed by atoms with Crippen molar-refractivity contribution < 1.29 is 14.3 Å². The number of ether oxygens (including phenoxy) is 2. The molecule has 1 aromatic carbocycles. The third kappa shape index (κ3) is 3.77. The number of piperazine rings is 1. The number of amides is 1. The van der Waals surface area contributed by atoms with Crippen molar-refractivity contribution in [1.29, 1.82) is 0 Å². The van der Waals surface area contributed by atoms with Crippen LogP contribution in [0.3, 0.4) is 0 Å². The van der Waals surface area contributed by atoms with Crippen LogP contribution in [-0.4, -0.2) is 51.2 Å². The highest BCUT2D eigenvalue weighted by atomic mass is 35.5. The average Bonchev–Trinajstić information content (AvgIpc) is 2.48. The molecule has 1 heterocycles. The lowest BCUT2D eigenvalue weighted by molar-refractivity contribution is -0.131. The highest BCUT2D eigenvalue weighted by molar-refractivity contribution is 5.85. The third-order valence-electron chi connectivity index (χ3n) is 3.33. The molecule has 0 spiro atoms. The fourth-order valence-electron chi connectivity index (χ4n) is 2.28. The highest BCUT2D eigenvalue weighted by Gasteiger charge is 2.20.